The number of aryl methyl sites for hydroxylation is 1. The fraction of sp³-hybridized carbons (Fsp3) is 0.222. The van der Waals surface area contributed by atoms with Crippen LogP contribution in [0, 0.1) is 6.92 Å². The molecule has 0 atom stereocenters. The Morgan fingerprint density at radius 2 is 2.04 bits per heavy atom. The molecule has 1 aliphatic rings. The standard InChI is InChI=1S/C18H17BrN4S/c1-10-9-13(11-3-5-12(19)6-4-11)14-15(20)16(24-18(14)23-10)17-21-7-2-8-22-17/h3-6,9H,2,7-8,20H2,1H3,(H,21,22). The number of rotatable bonds is 2. The molecule has 6 heteroatoms. The van der Waals surface area contributed by atoms with E-state index in [0.717, 1.165) is 67.4 Å². The molecule has 0 unspecified atom stereocenters. The maximum absolute atomic E-state index is 6.53. The predicted octanol–water partition coefficient (Wildman–Crippen LogP) is 4.36. The van der Waals surface area contributed by atoms with Crippen molar-refractivity contribution in [3.8, 4) is 11.1 Å². The summed E-state index contributed by atoms with van der Waals surface area (Å²) in [5.41, 5.74) is 10.6. The Hall–Kier alpha value is -1.92. The van der Waals surface area contributed by atoms with Crippen molar-refractivity contribution in [2.75, 3.05) is 18.8 Å². The first kappa shape index (κ1) is 15.6. The van der Waals surface area contributed by atoms with Crippen LogP contribution in [-0.4, -0.2) is 23.9 Å². The van der Waals surface area contributed by atoms with Gasteiger partial charge in [0.1, 0.15) is 10.7 Å². The SMILES string of the molecule is Cc1cc(-c2ccc(Br)cc2)c2c(N)c(C3=NCCCN3)sc2n1. The third kappa shape index (κ3) is 2.70. The van der Waals surface area contributed by atoms with Gasteiger partial charge in [0.25, 0.3) is 0 Å². The van der Waals surface area contributed by atoms with Crippen LogP contribution in [-0.2, 0) is 0 Å². The van der Waals surface area contributed by atoms with Crippen LogP contribution in [0.4, 0.5) is 5.69 Å². The molecule has 1 aliphatic heterocycles. The van der Waals surface area contributed by atoms with Gasteiger partial charge in [-0.15, -0.1) is 11.3 Å². The highest BCUT2D eigenvalue weighted by molar-refractivity contribution is 9.10. The number of amidine groups is 1. The van der Waals surface area contributed by atoms with Gasteiger partial charge in [0.05, 0.1) is 10.6 Å². The second-order valence-corrected chi connectivity index (χ2v) is 7.77. The van der Waals surface area contributed by atoms with Crippen molar-refractivity contribution in [2.24, 2.45) is 4.99 Å². The largest absolute Gasteiger partial charge is 0.397 e. The van der Waals surface area contributed by atoms with Crippen LogP contribution in [0.2, 0.25) is 0 Å². The van der Waals surface area contributed by atoms with Crippen molar-refractivity contribution >= 4 is 49.0 Å². The summed E-state index contributed by atoms with van der Waals surface area (Å²) in [6.07, 6.45) is 1.07. The van der Waals surface area contributed by atoms with Gasteiger partial charge in [-0.1, -0.05) is 28.1 Å². The number of benzene rings is 1. The van der Waals surface area contributed by atoms with Crippen LogP contribution in [0.1, 0.15) is 17.0 Å². The average Bonchev–Trinajstić information content (AvgIpc) is 2.92. The molecule has 0 aliphatic carbocycles. The van der Waals surface area contributed by atoms with E-state index in [-0.39, 0.29) is 0 Å². The number of halogens is 1. The molecular formula is C18H17BrN4S. The lowest BCUT2D eigenvalue weighted by atomic mass is 10.0. The summed E-state index contributed by atoms with van der Waals surface area (Å²) < 4.78 is 1.06. The molecule has 2 aromatic heterocycles. The van der Waals surface area contributed by atoms with Gasteiger partial charge in [0, 0.05) is 28.6 Å². The van der Waals surface area contributed by atoms with Crippen molar-refractivity contribution in [3.63, 3.8) is 0 Å². The molecule has 3 aromatic rings. The number of anilines is 1. The Balaban J connectivity index is 1.95. The summed E-state index contributed by atoms with van der Waals surface area (Å²) in [5.74, 6) is 0.904. The Bertz CT molecular complexity index is 944. The first-order valence-electron chi connectivity index (χ1n) is 7.88. The van der Waals surface area contributed by atoms with Gasteiger partial charge in [-0.3, -0.25) is 4.99 Å². The number of nitrogens with one attached hydrogen (secondary N) is 1. The van der Waals surface area contributed by atoms with E-state index in [9.17, 15) is 0 Å². The van der Waals surface area contributed by atoms with E-state index in [2.05, 4.69) is 44.4 Å². The van der Waals surface area contributed by atoms with Crippen molar-refractivity contribution < 1.29 is 0 Å². The van der Waals surface area contributed by atoms with Crippen molar-refractivity contribution in [1.29, 1.82) is 0 Å². The van der Waals surface area contributed by atoms with E-state index in [0.29, 0.717) is 0 Å². The van der Waals surface area contributed by atoms with Gasteiger partial charge >= 0.3 is 0 Å². The zero-order valence-corrected chi connectivity index (χ0v) is 15.7. The molecule has 0 saturated carbocycles. The molecule has 24 heavy (non-hydrogen) atoms. The minimum Gasteiger partial charge on any atom is -0.397 e. The number of nitrogen functional groups attached to an aromatic ring is 1. The van der Waals surface area contributed by atoms with Crippen molar-refractivity contribution in [1.82, 2.24) is 10.3 Å². The maximum Gasteiger partial charge on any atom is 0.140 e. The van der Waals surface area contributed by atoms with Gasteiger partial charge in [-0.2, -0.15) is 0 Å². The summed E-state index contributed by atoms with van der Waals surface area (Å²) in [6, 6.07) is 10.4. The molecule has 0 spiro atoms. The number of thiophene rings is 1. The summed E-state index contributed by atoms with van der Waals surface area (Å²) in [6.45, 7) is 3.81. The Kier molecular flexibility index (Phi) is 4.02. The third-order valence-corrected chi connectivity index (χ3v) is 5.73. The predicted molar refractivity (Wildman–Crippen MR) is 106 cm³/mol. The van der Waals surface area contributed by atoms with Gasteiger partial charge in [-0.05, 0) is 42.7 Å². The van der Waals surface area contributed by atoms with E-state index in [1.54, 1.807) is 11.3 Å². The number of pyridine rings is 1. The molecule has 4 nitrogen and oxygen atoms in total. The lowest BCUT2D eigenvalue weighted by Crippen LogP contribution is -2.29. The lowest BCUT2D eigenvalue weighted by molar-refractivity contribution is 0.744. The molecule has 0 amide bonds. The fourth-order valence-corrected chi connectivity index (χ4v) is 4.38. The first-order chi connectivity index (χ1) is 11.6. The number of hydrogen-bond donors (Lipinski definition) is 2. The summed E-state index contributed by atoms with van der Waals surface area (Å²) in [5, 5.41) is 4.39. The van der Waals surface area contributed by atoms with Crippen LogP contribution in [0.3, 0.4) is 0 Å². The van der Waals surface area contributed by atoms with E-state index in [4.69, 9.17) is 10.7 Å². The Morgan fingerprint density at radius 3 is 2.75 bits per heavy atom. The van der Waals surface area contributed by atoms with E-state index < -0.39 is 0 Å². The van der Waals surface area contributed by atoms with Crippen LogP contribution in [0.25, 0.3) is 21.3 Å². The van der Waals surface area contributed by atoms with Crippen LogP contribution in [0.5, 0.6) is 0 Å². The Morgan fingerprint density at radius 1 is 1.25 bits per heavy atom. The van der Waals surface area contributed by atoms with Crippen LogP contribution >= 0.6 is 27.3 Å². The average molecular weight is 401 g/mol. The summed E-state index contributed by atoms with van der Waals surface area (Å²) in [4.78, 5) is 11.3. The quantitative estimate of drug-likeness (QED) is 0.671. The molecule has 0 radical (unpaired) electrons. The fourth-order valence-electron chi connectivity index (χ4n) is 2.96. The van der Waals surface area contributed by atoms with Gasteiger partial charge in [0.2, 0.25) is 0 Å². The van der Waals surface area contributed by atoms with E-state index >= 15 is 0 Å². The maximum atomic E-state index is 6.53. The highest BCUT2D eigenvalue weighted by Gasteiger charge is 2.20. The molecule has 0 saturated heterocycles. The van der Waals surface area contributed by atoms with Gasteiger partial charge in [0.15, 0.2) is 0 Å². The van der Waals surface area contributed by atoms with Crippen molar-refractivity contribution in [3.05, 3.63) is 45.4 Å². The van der Waals surface area contributed by atoms with Crippen molar-refractivity contribution in [2.45, 2.75) is 13.3 Å². The molecule has 0 bridgehead atoms. The highest BCUT2D eigenvalue weighted by Crippen LogP contribution is 2.40. The van der Waals surface area contributed by atoms with E-state index in [1.807, 2.05) is 19.1 Å². The number of fused-ring (bicyclic) bond motifs is 1. The number of aromatic nitrogens is 1. The number of nitrogens with zero attached hydrogens (tertiary/aromatic N) is 2. The second kappa shape index (κ2) is 6.18. The smallest absolute Gasteiger partial charge is 0.140 e. The number of nitrogens with two attached hydrogens (primary N) is 1. The zero-order chi connectivity index (χ0) is 16.7. The van der Waals surface area contributed by atoms with Gasteiger partial charge < -0.3 is 11.1 Å². The molecule has 4 rings (SSSR count). The molecule has 3 heterocycles. The van der Waals surface area contributed by atoms with Crippen LogP contribution in [0.15, 0.2) is 39.8 Å². The van der Waals surface area contributed by atoms with Gasteiger partial charge in [-0.25, -0.2) is 4.98 Å². The molecule has 3 N–H and O–H groups in total. The summed E-state index contributed by atoms with van der Waals surface area (Å²) >= 11 is 5.11. The second-order valence-electron chi connectivity index (χ2n) is 5.85. The minimum absolute atomic E-state index is 0.772. The highest BCUT2D eigenvalue weighted by atomic mass is 79.9. The minimum atomic E-state index is 0.772. The third-order valence-electron chi connectivity index (χ3n) is 4.09. The normalized spacial score (nSPS) is 14.5. The molecule has 0 fully saturated rings. The Labute approximate surface area is 153 Å². The van der Waals surface area contributed by atoms with Crippen LogP contribution < -0.4 is 11.1 Å². The topological polar surface area (TPSA) is 63.3 Å². The summed E-state index contributed by atoms with van der Waals surface area (Å²) in [7, 11) is 0. The molecular weight excluding hydrogens is 384 g/mol. The molecule has 1 aromatic carbocycles. The zero-order valence-electron chi connectivity index (χ0n) is 13.3. The monoisotopic (exact) mass is 400 g/mol. The number of hydrogen-bond acceptors (Lipinski definition) is 5. The first-order valence-corrected chi connectivity index (χ1v) is 9.48. The van der Waals surface area contributed by atoms with E-state index in [1.165, 1.54) is 0 Å². The lowest BCUT2D eigenvalue weighted by Gasteiger charge is -2.13. The molecule has 122 valence electrons. The number of aliphatic imine (C=N–C) groups is 1.